The van der Waals surface area contributed by atoms with Gasteiger partial charge in [0.25, 0.3) is 0 Å². The number of ether oxygens (including phenoxy) is 2. The third kappa shape index (κ3) is 5.01. The molecule has 0 atom stereocenters. The van der Waals surface area contributed by atoms with E-state index in [1.54, 1.807) is 28.9 Å². The lowest BCUT2D eigenvalue weighted by Gasteiger charge is -2.12. The number of halogens is 1. The Kier molecular flexibility index (Phi) is 6.57. The van der Waals surface area contributed by atoms with Gasteiger partial charge in [0.15, 0.2) is 0 Å². The maximum Gasteiger partial charge on any atom is 0.344 e. The number of rotatable bonds is 7. The summed E-state index contributed by atoms with van der Waals surface area (Å²) in [6.45, 7) is 4.72. The van der Waals surface area contributed by atoms with Gasteiger partial charge in [-0.15, -0.1) is 0 Å². The van der Waals surface area contributed by atoms with Crippen LogP contribution in [0.5, 0.6) is 11.6 Å². The van der Waals surface area contributed by atoms with Crippen LogP contribution in [0.3, 0.4) is 0 Å². The quantitative estimate of drug-likeness (QED) is 0.321. The highest BCUT2D eigenvalue weighted by atomic mass is 35.5. The van der Waals surface area contributed by atoms with Crippen molar-refractivity contribution >= 4 is 17.6 Å². The predicted molar refractivity (Wildman–Crippen MR) is 125 cm³/mol. The molecule has 4 aromatic rings. The second kappa shape index (κ2) is 9.71. The number of hydrogen-bond acceptors (Lipinski definition) is 4. The SMILES string of the molecule is Cc1cccc(OCCn2nc(C)c(-c3ccccc3)c2OC(=O)c2ccc(Cl)cc2)c1. The van der Waals surface area contributed by atoms with Crippen LogP contribution in [-0.4, -0.2) is 22.4 Å². The lowest BCUT2D eigenvalue weighted by Crippen LogP contribution is -2.15. The zero-order valence-electron chi connectivity index (χ0n) is 17.9. The molecule has 0 amide bonds. The van der Waals surface area contributed by atoms with Crippen LogP contribution in [0.25, 0.3) is 11.1 Å². The number of aromatic nitrogens is 2. The Bertz CT molecular complexity index is 1220. The average molecular weight is 447 g/mol. The summed E-state index contributed by atoms with van der Waals surface area (Å²) < 4.78 is 13.4. The van der Waals surface area contributed by atoms with Crippen LogP contribution < -0.4 is 9.47 Å². The van der Waals surface area contributed by atoms with Gasteiger partial charge >= 0.3 is 5.97 Å². The molecule has 0 bridgehead atoms. The molecule has 6 heteroatoms. The van der Waals surface area contributed by atoms with Crippen molar-refractivity contribution in [3.05, 3.63) is 101 Å². The molecule has 0 fully saturated rings. The Balaban J connectivity index is 1.62. The zero-order chi connectivity index (χ0) is 22.5. The largest absolute Gasteiger partial charge is 0.492 e. The molecule has 3 aromatic carbocycles. The molecule has 0 radical (unpaired) electrons. The number of nitrogens with zero attached hydrogens (tertiary/aromatic N) is 2. The van der Waals surface area contributed by atoms with Crippen LogP contribution in [-0.2, 0) is 6.54 Å². The van der Waals surface area contributed by atoms with Crippen LogP contribution in [0.2, 0.25) is 5.02 Å². The second-order valence-electron chi connectivity index (χ2n) is 7.42. The monoisotopic (exact) mass is 446 g/mol. The van der Waals surface area contributed by atoms with Crippen molar-refractivity contribution in [1.29, 1.82) is 0 Å². The van der Waals surface area contributed by atoms with Gasteiger partial charge in [-0.25, -0.2) is 9.48 Å². The lowest BCUT2D eigenvalue weighted by atomic mass is 10.1. The van der Waals surface area contributed by atoms with E-state index in [0.717, 1.165) is 28.1 Å². The Morgan fingerprint density at radius 1 is 0.969 bits per heavy atom. The van der Waals surface area contributed by atoms with E-state index in [0.29, 0.717) is 29.6 Å². The molecule has 0 saturated carbocycles. The maximum absolute atomic E-state index is 12.9. The van der Waals surface area contributed by atoms with Crippen molar-refractivity contribution in [3.8, 4) is 22.8 Å². The van der Waals surface area contributed by atoms with Crippen molar-refractivity contribution in [2.24, 2.45) is 0 Å². The summed E-state index contributed by atoms with van der Waals surface area (Å²) in [5.74, 6) is 0.706. The van der Waals surface area contributed by atoms with E-state index in [4.69, 9.17) is 21.1 Å². The topological polar surface area (TPSA) is 53.4 Å². The van der Waals surface area contributed by atoms with Gasteiger partial charge in [0.2, 0.25) is 5.88 Å². The van der Waals surface area contributed by atoms with E-state index in [1.807, 2.05) is 68.4 Å². The van der Waals surface area contributed by atoms with E-state index in [9.17, 15) is 4.79 Å². The minimum atomic E-state index is -0.473. The molecule has 0 aliphatic heterocycles. The van der Waals surface area contributed by atoms with Crippen LogP contribution in [0.4, 0.5) is 0 Å². The van der Waals surface area contributed by atoms with E-state index < -0.39 is 5.97 Å². The summed E-state index contributed by atoms with van der Waals surface area (Å²) in [6, 6.07) is 24.2. The maximum atomic E-state index is 12.9. The predicted octanol–water partition coefficient (Wildman–Crippen LogP) is 6.12. The molecule has 1 aromatic heterocycles. The third-order valence-corrected chi connectivity index (χ3v) is 5.23. The van der Waals surface area contributed by atoms with Crippen molar-refractivity contribution in [1.82, 2.24) is 9.78 Å². The summed E-state index contributed by atoms with van der Waals surface area (Å²) >= 11 is 5.95. The number of aryl methyl sites for hydroxylation is 2. The Morgan fingerprint density at radius 3 is 2.44 bits per heavy atom. The molecule has 0 spiro atoms. The van der Waals surface area contributed by atoms with E-state index in [1.165, 1.54) is 0 Å². The molecular formula is C26H23ClN2O3. The highest BCUT2D eigenvalue weighted by Crippen LogP contribution is 2.34. The van der Waals surface area contributed by atoms with Gasteiger partial charge in [-0.3, -0.25) is 0 Å². The molecular weight excluding hydrogens is 424 g/mol. The van der Waals surface area contributed by atoms with E-state index in [-0.39, 0.29) is 0 Å². The highest BCUT2D eigenvalue weighted by Gasteiger charge is 2.22. The van der Waals surface area contributed by atoms with Gasteiger partial charge in [0.1, 0.15) is 12.4 Å². The van der Waals surface area contributed by atoms with Crippen molar-refractivity contribution < 1.29 is 14.3 Å². The third-order valence-electron chi connectivity index (χ3n) is 4.97. The molecule has 0 aliphatic carbocycles. The van der Waals surface area contributed by atoms with E-state index >= 15 is 0 Å². The fraction of sp³-hybridized carbons (Fsp3) is 0.154. The van der Waals surface area contributed by atoms with Gasteiger partial charge in [-0.05, 0) is 61.4 Å². The summed E-state index contributed by atoms with van der Waals surface area (Å²) in [5.41, 5.74) is 4.01. The van der Waals surface area contributed by atoms with Gasteiger partial charge in [0, 0.05) is 5.02 Å². The lowest BCUT2D eigenvalue weighted by molar-refractivity contribution is 0.0717. The normalized spacial score (nSPS) is 10.7. The molecule has 0 aliphatic rings. The smallest absolute Gasteiger partial charge is 0.344 e. The highest BCUT2D eigenvalue weighted by molar-refractivity contribution is 6.30. The van der Waals surface area contributed by atoms with Crippen molar-refractivity contribution in [3.63, 3.8) is 0 Å². The standard InChI is InChI=1S/C26H23ClN2O3/c1-18-7-6-10-23(17-18)31-16-15-29-25(32-26(30)21-11-13-22(27)14-12-21)24(19(2)28-29)20-8-4-3-5-9-20/h3-14,17H,15-16H2,1-2H3. The number of carbonyl (C=O) groups is 1. The zero-order valence-corrected chi connectivity index (χ0v) is 18.7. The molecule has 0 unspecified atom stereocenters. The minimum absolute atomic E-state index is 0.379. The Morgan fingerprint density at radius 2 is 1.72 bits per heavy atom. The first-order valence-corrected chi connectivity index (χ1v) is 10.7. The Labute approximate surface area is 192 Å². The number of carbonyl (C=O) groups excluding carboxylic acids is 1. The average Bonchev–Trinajstić information content (AvgIpc) is 3.09. The molecule has 0 N–H and O–H groups in total. The summed E-state index contributed by atoms with van der Waals surface area (Å²) in [6.07, 6.45) is 0. The number of hydrogen-bond donors (Lipinski definition) is 0. The summed E-state index contributed by atoms with van der Waals surface area (Å²) in [5, 5.41) is 5.19. The fourth-order valence-electron chi connectivity index (χ4n) is 3.44. The fourth-order valence-corrected chi connectivity index (χ4v) is 3.57. The molecule has 1 heterocycles. The number of benzene rings is 3. The molecule has 0 saturated heterocycles. The molecule has 162 valence electrons. The molecule has 5 nitrogen and oxygen atoms in total. The first-order chi connectivity index (χ1) is 15.5. The summed E-state index contributed by atoms with van der Waals surface area (Å²) in [4.78, 5) is 12.9. The van der Waals surface area contributed by atoms with Crippen LogP contribution >= 0.6 is 11.6 Å². The van der Waals surface area contributed by atoms with Crippen molar-refractivity contribution in [2.45, 2.75) is 20.4 Å². The van der Waals surface area contributed by atoms with Gasteiger partial charge < -0.3 is 9.47 Å². The second-order valence-corrected chi connectivity index (χ2v) is 7.85. The first-order valence-electron chi connectivity index (χ1n) is 10.3. The van der Waals surface area contributed by atoms with Gasteiger partial charge in [0.05, 0.1) is 23.4 Å². The number of esters is 1. The van der Waals surface area contributed by atoms with Crippen LogP contribution in [0.1, 0.15) is 21.6 Å². The molecule has 4 rings (SSSR count). The van der Waals surface area contributed by atoms with Crippen molar-refractivity contribution in [2.75, 3.05) is 6.61 Å². The van der Waals surface area contributed by atoms with E-state index in [2.05, 4.69) is 5.10 Å². The Hall–Kier alpha value is -3.57. The van der Waals surface area contributed by atoms with Crippen LogP contribution in [0, 0.1) is 13.8 Å². The van der Waals surface area contributed by atoms with Gasteiger partial charge in [-0.1, -0.05) is 54.1 Å². The first kappa shape index (κ1) is 21.7. The summed E-state index contributed by atoms with van der Waals surface area (Å²) in [7, 11) is 0. The van der Waals surface area contributed by atoms with Gasteiger partial charge in [-0.2, -0.15) is 5.10 Å². The minimum Gasteiger partial charge on any atom is -0.492 e. The van der Waals surface area contributed by atoms with Crippen LogP contribution in [0.15, 0.2) is 78.9 Å². The molecule has 32 heavy (non-hydrogen) atoms.